The second-order valence-corrected chi connectivity index (χ2v) is 7.08. The van der Waals surface area contributed by atoms with Gasteiger partial charge in [-0.1, -0.05) is 6.07 Å². The molecule has 1 heterocycles. The van der Waals surface area contributed by atoms with Gasteiger partial charge in [-0.2, -0.15) is 0 Å². The second-order valence-electron chi connectivity index (χ2n) is 7.08. The molecule has 1 aliphatic rings. The van der Waals surface area contributed by atoms with E-state index in [9.17, 15) is 18.8 Å². The summed E-state index contributed by atoms with van der Waals surface area (Å²) in [6.45, 7) is 3.17. The minimum absolute atomic E-state index is 0.192. The normalized spacial score (nSPS) is 14.1. The molecule has 0 bridgehead atoms. The molecular weight excluding hydrogens is 403 g/mol. The van der Waals surface area contributed by atoms with Crippen LogP contribution < -0.4 is 15.4 Å². The zero-order chi connectivity index (χ0) is 22.2. The Morgan fingerprint density at radius 2 is 1.71 bits per heavy atom. The van der Waals surface area contributed by atoms with Crippen LogP contribution in [0.2, 0.25) is 0 Å². The molecule has 0 saturated carbocycles. The van der Waals surface area contributed by atoms with Crippen molar-refractivity contribution in [2.75, 3.05) is 51.7 Å². The van der Waals surface area contributed by atoms with E-state index in [4.69, 9.17) is 4.74 Å². The summed E-state index contributed by atoms with van der Waals surface area (Å²) < 4.78 is 18.4. The number of carbonyl (C=O) groups is 3. The highest BCUT2D eigenvalue weighted by atomic mass is 19.1. The van der Waals surface area contributed by atoms with Crippen molar-refractivity contribution in [3.8, 4) is 5.75 Å². The highest BCUT2D eigenvalue weighted by Gasteiger charge is 2.22. The smallest absolute Gasteiger partial charge is 0.313 e. The number of benzene rings is 2. The summed E-state index contributed by atoms with van der Waals surface area (Å²) in [6, 6.07) is 12.3. The zero-order valence-electron chi connectivity index (χ0n) is 17.3. The predicted molar refractivity (Wildman–Crippen MR) is 113 cm³/mol. The first-order valence-electron chi connectivity index (χ1n) is 9.96. The summed E-state index contributed by atoms with van der Waals surface area (Å²) >= 11 is 0. The largest absolute Gasteiger partial charge is 0.497 e. The van der Waals surface area contributed by atoms with Crippen LogP contribution in [0.4, 0.5) is 10.1 Å². The molecule has 8 nitrogen and oxygen atoms in total. The van der Waals surface area contributed by atoms with E-state index in [-0.39, 0.29) is 5.91 Å². The number of hydrogen-bond donors (Lipinski definition) is 2. The monoisotopic (exact) mass is 428 g/mol. The number of hydrogen-bond acceptors (Lipinski definition) is 5. The topological polar surface area (TPSA) is 91.0 Å². The SMILES string of the molecule is COc1ccc(NC(=O)C(=O)NCCN2CCN(C(=O)c3cccc(F)c3)CC2)cc1. The Labute approximate surface area is 180 Å². The third kappa shape index (κ3) is 6.26. The van der Waals surface area contributed by atoms with Gasteiger partial charge in [-0.05, 0) is 42.5 Å². The van der Waals surface area contributed by atoms with Gasteiger partial charge < -0.3 is 20.3 Å². The van der Waals surface area contributed by atoms with Crippen LogP contribution in [0.1, 0.15) is 10.4 Å². The van der Waals surface area contributed by atoms with Crippen LogP contribution in [-0.4, -0.2) is 73.9 Å². The summed E-state index contributed by atoms with van der Waals surface area (Å²) in [4.78, 5) is 40.2. The lowest BCUT2D eigenvalue weighted by Crippen LogP contribution is -2.50. The Morgan fingerprint density at radius 3 is 2.35 bits per heavy atom. The molecule has 0 aliphatic carbocycles. The fraction of sp³-hybridized carbons (Fsp3) is 0.318. The Balaban J connectivity index is 1.37. The molecule has 9 heteroatoms. The molecule has 2 aromatic carbocycles. The van der Waals surface area contributed by atoms with Crippen LogP contribution in [0.3, 0.4) is 0 Å². The van der Waals surface area contributed by atoms with Crippen molar-refractivity contribution in [1.29, 1.82) is 0 Å². The molecule has 3 rings (SSSR count). The lowest BCUT2D eigenvalue weighted by molar-refractivity contribution is -0.136. The molecule has 2 aromatic rings. The summed E-state index contributed by atoms with van der Waals surface area (Å²) in [5, 5.41) is 5.13. The first kappa shape index (κ1) is 22.2. The van der Waals surface area contributed by atoms with Crippen molar-refractivity contribution in [3.63, 3.8) is 0 Å². The van der Waals surface area contributed by atoms with E-state index in [0.29, 0.717) is 56.3 Å². The summed E-state index contributed by atoms with van der Waals surface area (Å²) in [5.74, 6) is -1.43. The van der Waals surface area contributed by atoms with E-state index in [1.807, 2.05) is 0 Å². The van der Waals surface area contributed by atoms with Gasteiger partial charge in [0.15, 0.2) is 0 Å². The molecule has 164 valence electrons. The maximum Gasteiger partial charge on any atom is 0.313 e. The second kappa shape index (κ2) is 10.5. The standard InChI is InChI=1S/C22H25FN4O4/c1-31-19-7-5-18(6-8-19)25-21(29)20(28)24-9-10-26-11-13-27(14-12-26)22(30)16-3-2-4-17(23)15-16/h2-8,15H,9-14H2,1H3,(H,24,28)(H,25,29). The predicted octanol–water partition coefficient (Wildman–Crippen LogP) is 1.35. The van der Waals surface area contributed by atoms with E-state index < -0.39 is 17.6 Å². The number of piperazine rings is 1. The third-order valence-electron chi connectivity index (χ3n) is 5.00. The summed E-state index contributed by atoms with van der Waals surface area (Å²) in [7, 11) is 1.54. The lowest BCUT2D eigenvalue weighted by atomic mass is 10.1. The van der Waals surface area contributed by atoms with Crippen LogP contribution in [0.5, 0.6) is 5.75 Å². The first-order valence-corrected chi connectivity index (χ1v) is 9.96. The molecule has 0 aromatic heterocycles. The van der Waals surface area contributed by atoms with E-state index in [1.54, 1.807) is 42.3 Å². The van der Waals surface area contributed by atoms with Crippen LogP contribution in [0, 0.1) is 5.82 Å². The number of nitrogens with zero attached hydrogens (tertiary/aromatic N) is 2. The van der Waals surface area contributed by atoms with E-state index in [1.165, 1.54) is 18.2 Å². The number of nitrogens with one attached hydrogen (secondary N) is 2. The molecule has 1 aliphatic heterocycles. The van der Waals surface area contributed by atoms with Crippen molar-refractivity contribution in [2.45, 2.75) is 0 Å². The molecule has 31 heavy (non-hydrogen) atoms. The molecular formula is C22H25FN4O4. The van der Waals surface area contributed by atoms with Crippen LogP contribution in [-0.2, 0) is 9.59 Å². The number of amides is 3. The summed E-state index contributed by atoms with van der Waals surface area (Å²) in [6.07, 6.45) is 0. The molecule has 1 fully saturated rings. The first-order chi connectivity index (χ1) is 15.0. The number of methoxy groups -OCH3 is 1. The highest BCUT2D eigenvalue weighted by Crippen LogP contribution is 2.15. The minimum atomic E-state index is -0.740. The molecule has 0 atom stereocenters. The Bertz CT molecular complexity index is 927. The Hall–Kier alpha value is -3.46. The molecule has 3 amide bonds. The fourth-order valence-corrected chi connectivity index (χ4v) is 3.25. The fourth-order valence-electron chi connectivity index (χ4n) is 3.25. The molecule has 0 spiro atoms. The third-order valence-corrected chi connectivity index (χ3v) is 5.00. The molecule has 0 radical (unpaired) electrons. The van der Waals surface area contributed by atoms with E-state index in [0.717, 1.165) is 0 Å². The van der Waals surface area contributed by atoms with Gasteiger partial charge >= 0.3 is 11.8 Å². The van der Waals surface area contributed by atoms with Gasteiger partial charge in [0, 0.05) is 50.5 Å². The van der Waals surface area contributed by atoms with Gasteiger partial charge in [0.1, 0.15) is 11.6 Å². The van der Waals surface area contributed by atoms with Crippen molar-refractivity contribution < 1.29 is 23.5 Å². The van der Waals surface area contributed by atoms with Gasteiger partial charge in [-0.25, -0.2) is 4.39 Å². The van der Waals surface area contributed by atoms with Gasteiger partial charge in [-0.3, -0.25) is 19.3 Å². The maximum absolute atomic E-state index is 13.3. The van der Waals surface area contributed by atoms with Crippen molar-refractivity contribution >= 4 is 23.4 Å². The van der Waals surface area contributed by atoms with Crippen LogP contribution in [0.25, 0.3) is 0 Å². The van der Waals surface area contributed by atoms with E-state index in [2.05, 4.69) is 15.5 Å². The molecule has 2 N–H and O–H groups in total. The van der Waals surface area contributed by atoms with Gasteiger partial charge in [0.05, 0.1) is 7.11 Å². The average Bonchev–Trinajstić information content (AvgIpc) is 2.79. The van der Waals surface area contributed by atoms with Gasteiger partial charge in [0.2, 0.25) is 0 Å². The van der Waals surface area contributed by atoms with Gasteiger partial charge in [-0.15, -0.1) is 0 Å². The number of ether oxygens (including phenoxy) is 1. The molecule has 1 saturated heterocycles. The van der Waals surface area contributed by atoms with Crippen LogP contribution >= 0.6 is 0 Å². The van der Waals surface area contributed by atoms with E-state index >= 15 is 0 Å². The highest BCUT2D eigenvalue weighted by molar-refractivity contribution is 6.39. The number of anilines is 1. The van der Waals surface area contributed by atoms with Crippen molar-refractivity contribution in [3.05, 3.63) is 59.9 Å². The number of rotatable bonds is 6. The maximum atomic E-state index is 13.3. The van der Waals surface area contributed by atoms with Crippen molar-refractivity contribution in [1.82, 2.24) is 15.1 Å². The quantitative estimate of drug-likeness (QED) is 0.678. The summed E-state index contributed by atoms with van der Waals surface area (Å²) in [5.41, 5.74) is 0.837. The zero-order valence-corrected chi connectivity index (χ0v) is 17.3. The lowest BCUT2D eigenvalue weighted by Gasteiger charge is -2.34. The van der Waals surface area contributed by atoms with Crippen molar-refractivity contribution in [2.24, 2.45) is 0 Å². The Kier molecular flexibility index (Phi) is 7.55. The van der Waals surface area contributed by atoms with Crippen LogP contribution in [0.15, 0.2) is 48.5 Å². The Morgan fingerprint density at radius 1 is 1.00 bits per heavy atom. The number of halogens is 1. The molecule has 0 unspecified atom stereocenters. The number of carbonyl (C=O) groups excluding carboxylic acids is 3. The van der Waals surface area contributed by atoms with Gasteiger partial charge in [0.25, 0.3) is 5.91 Å². The average molecular weight is 428 g/mol. The minimum Gasteiger partial charge on any atom is -0.497 e.